The van der Waals surface area contributed by atoms with Gasteiger partial charge in [0.2, 0.25) is 0 Å². The van der Waals surface area contributed by atoms with E-state index in [1.165, 1.54) is 283 Å². The average Bonchev–Trinajstić information content (AvgIpc) is 0.904. The predicted molar refractivity (Wildman–Crippen MR) is 442 cm³/mol. The first-order chi connectivity index (χ1) is 51.9. The van der Waals surface area contributed by atoms with Crippen molar-refractivity contribution in [3.8, 4) is 0 Å². The molecule has 636 valence electrons. The van der Waals surface area contributed by atoms with Crippen molar-refractivity contribution >= 4 is 39.5 Å². The molecule has 0 radical (unpaired) electrons. The van der Waals surface area contributed by atoms with Gasteiger partial charge in [0.05, 0.1) is 26.4 Å². The maximum absolute atomic E-state index is 13.2. The molecule has 0 aliphatic rings. The van der Waals surface area contributed by atoms with Gasteiger partial charge in [-0.3, -0.25) is 37.3 Å². The van der Waals surface area contributed by atoms with Crippen LogP contribution in [0.3, 0.4) is 0 Å². The van der Waals surface area contributed by atoms with Crippen LogP contribution in [-0.4, -0.2) is 96.7 Å². The molecular weight excluding hydrogens is 1390 g/mol. The third-order valence-corrected chi connectivity index (χ3v) is 23.0. The fraction of sp³-hybridized carbons (Fsp3) is 0.955. The Labute approximate surface area is 658 Å². The van der Waals surface area contributed by atoms with Crippen LogP contribution in [0.4, 0.5) is 0 Å². The van der Waals surface area contributed by atoms with Crippen molar-refractivity contribution in [1.82, 2.24) is 0 Å². The standard InChI is InChI=1S/C88H172O17P2/c1-7-10-12-14-16-18-20-22-24-26-31-34-38-42-46-52-58-64-70-85(90)98-76-83(104-87(92)72-67-61-54-48-44-40-36-32-28-27-30-33-37-41-45-51-57-63-69-81(6)9-3)78-102-106(94,95)100-74-82(89)75-101-107(96,97)103-79-84(77-99-86(91)71-65-59-55-49-50-56-62-68-80(4)5)105-88(93)73-66-60-53-47-43-39-35-29-25-23-21-19-17-15-13-11-8-2/h80-84,89H,7-79H2,1-6H3,(H,94,95)(H,96,97)/t81?,82-,83-,84-/m1/s1. The first-order valence-electron chi connectivity index (χ1n) is 45.5. The van der Waals surface area contributed by atoms with Crippen LogP contribution in [0.1, 0.15) is 472 Å². The van der Waals surface area contributed by atoms with Gasteiger partial charge in [-0.05, 0) is 37.5 Å². The molecule has 6 atom stereocenters. The first kappa shape index (κ1) is 105. The number of aliphatic hydroxyl groups excluding tert-OH is 1. The molecule has 0 fully saturated rings. The molecule has 0 aromatic heterocycles. The highest BCUT2D eigenvalue weighted by Crippen LogP contribution is 2.45. The second kappa shape index (κ2) is 79.3. The molecule has 0 spiro atoms. The SMILES string of the molecule is CCCCCCCCCCCCCCCCCCCCC(=O)OC[C@H](COP(=O)(O)OC[C@@H](O)COP(=O)(O)OC[C@@H](COC(=O)CCCCCCCCCC(C)C)OC(=O)CCCCCCCCCCCCCCCCCCC)OC(=O)CCCCCCCCCCCCCCCCCCCCC(C)CC. The minimum absolute atomic E-state index is 0.108. The fourth-order valence-corrected chi connectivity index (χ4v) is 15.3. The zero-order chi connectivity index (χ0) is 78.5. The molecule has 0 amide bonds. The van der Waals surface area contributed by atoms with Crippen LogP contribution in [0, 0.1) is 11.8 Å². The number of rotatable bonds is 87. The van der Waals surface area contributed by atoms with Crippen LogP contribution >= 0.6 is 15.6 Å². The normalized spacial score (nSPS) is 14.0. The lowest BCUT2D eigenvalue weighted by atomic mass is 9.99. The lowest BCUT2D eigenvalue weighted by Crippen LogP contribution is -2.30. The molecule has 19 heteroatoms. The summed E-state index contributed by atoms with van der Waals surface area (Å²) in [6, 6.07) is 0. The zero-order valence-corrected chi connectivity index (χ0v) is 72.2. The van der Waals surface area contributed by atoms with Gasteiger partial charge in [0.25, 0.3) is 0 Å². The summed E-state index contributed by atoms with van der Waals surface area (Å²) in [5.74, 6) is -0.524. The molecule has 0 aliphatic heterocycles. The van der Waals surface area contributed by atoms with Crippen LogP contribution in [0.5, 0.6) is 0 Å². The molecule has 17 nitrogen and oxygen atoms in total. The third-order valence-electron chi connectivity index (χ3n) is 21.1. The van der Waals surface area contributed by atoms with Gasteiger partial charge in [-0.25, -0.2) is 9.13 Å². The van der Waals surface area contributed by atoms with Crippen LogP contribution < -0.4 is 0 Å². The van der Waals surface area contributed by atoms with E-state index in [9.17, 15) is 43.2 Å². The molecule has 107 heavy (non-hydrogen) atoms. The van der Waals surface area contributed by atoms with E-state index in [0.717, 1.165) is 102 Å². The van der Waals surface area contributed by atoms with Crippen molar-refractivity contribution in [2.75, 3.05) is 39.6 Å². The van der Waals surface area contributed by atoms with Crippen molar-refractivity contribution in [3.63, 3.8) is 0 Å². The largest absolute Gasteiger partial charge is 0.472 e. The summed E-state index contributed by atoms with van der Waals surface area (Å²) in [4.78, 5) is 73.3. The van der Waals surface area contributed by atoms with E-state index in [4.69, 9.17) is 37.0 Å². The monoisotopic (exact) mass is 1560 g/mol. The summed E-state index contributed by atoms with van der Waals surface area (Å²) in [6.45, 7) is 9.70. The van der Waals surface area contributed by atoms with E-state index in [1.54, 1.807) is 0 Å². The Morgan fingerprint density at radius 3 is 0.710 bits per heavy atom. The second-order valence-corrected chi connectivity index (χ2v) is 35.3. The lowest BCUT2D eigenvalue weighted by Gasteiger charge is -2.21. The topological polar surface area (TPSA) is 237 Å². The van der Waals surface area contributed by atoms with Crippen LogP contribution in [0.2, 0.25) is 0 Å². The summed E-state index contributed by atoms with van der Waals surface area (Å²) >= 11 is 0. The molecule has 0 rings (SSSR count). The van der Waals surface area contributed by atoms with Gasteiger partial charge in [-0.2, -0.15) is 0 Å². The molecule has 0 heterocycles. The third kappa shape index (κ3) is 80.5. The van der Waals surface area contributed by atoms with Gasteiger partial charge >= 0.3 is 39.5 Å². The minimum Gasteiger partial charge on any atom is -0.462 e. The molecule has 0 saturated heterocycles. The van der Waals surface area contributed by atoms with E-state index in [2.05, 4.69) is 41.5 Å². The Bertz CT molecular complexity index is 2050. The number of carbonyl (C=O) groups is 4. The highest BCUT2D eigenvalue weighted by molar-refractivity contribution is 7.47. The molecule has 0 aromatic rings. The number of hydrogen-bond donors (Lipinski definition) is 3. The Kier molecular flexibility index (Phi) is 77.9. The van der Waals surface area contributed by atoms with E-state index in [-0.39, 0.29) is 25.7 Å². The highest BCUT2D eigenvalue weighted by Gasteiger charge is 2.31. The van der Waals surface area contributed by atoms with Crippen molar-refractivity contribution in [3.05, 3.63) is 0 Å². The van der Waals surface area contributed by atoms with Crippen molar-refractivity contribution < 1.29 is 80.2 Å². The van der Waals surface area contributed by atoms with Gasteiger partial charge in [-0.15, -0.1) is 0 Å². The fourth-order valence-electron chi connectivity index (χ4n) is 13.7. The van der Waals surface area contributed by atoms with Gasteiger partial charge < -0.3 is 33.8 Å². The number of aliphatic hydroxyl groups is 1. The maximum atomic E-state index is 13.2. The summed E-state index contributed by atoms with van der Waals surface area (Å²) < 4.78 is 68.9. The number of phosphoric acid groups is 2. The van der Waals surface area contributed by atoms with Crippen molar-refractivity contribution in [2.24, 2.45) is 11.8 Å². The number of phosphoric ester groups is 2. The average molecular weight is 1560 g/mol. The number of ether oxygens (including phenoxy) is 4. The first-order valence-corrected chi connectivity index (χ1v) is 48.5. The predicted octanol–water partition coefficient (Wildman–Crippen LogP) is 27.0. The molecular formula is C88H172O17P2. The maximum Gasteiger partial charge on any atom is 0.472 e. The van der Waals surface area contributed by atoms with Crippen LogP contribution in [0.15, 0.2) is 0 Å². The van der Waals surface area contributed by atoms with Gasteiger partial charge in [-0.1, -0.05) is 420 Å². The minimum atomic E-state index is -4.97. The van der Waals surface area contributed by atoms with Crippen molar-refractivity contribution in [2.45, 2.75) is 490 Å². The summed E-state index contributed by atoms with van der Waals surface area (Å²) in [5, 5.41) is 10.7. The molecule has 0 aromatic carbocycles. The second-order valence-electron chi connectivity index (χ2n) is 32.4. The molecule has 0 bridgehead atoms. The Balaban J connectivity index is 5.22. The van der Waals surface area contributed by atoms with Gasteiger partial charge in [0.1, 0.15) is 19.3 Å². The van der Waals surface area contributed by atoms with Gasteiger partial charge in [0.15, 0.2) is 12.2 Å². The highest BCUT2D eigenvalue weighted by atomic mass is 31.2. The number of esters is 4. The molecule has 3 unspecified atom stereocenters. The smallest absolute Gasteiger partial charge is 0.462 e. The quantitative estimate of drug-likeness (QED) is 0.0222. The van der Waals surface area contributed by atoms with Crippen LogP contribution in [-0.2, 0) is 65.4 Å². The van der Waals surface area contributed by atoms with Crippen LogP contribution in [0.25, 0.3) is 0 Å². The van der Waals surface area contributed by atoms with E-state index >= 15 is 0 Å². The summed E-state index contributed by atoms with van der Waals surface area (Å²) in [6.07, 6.45) is 72.3. The number of unbranched alkanes of at least 4 members (excludes halogenated alkanes) is 56. The van der Waals surface area contributed by atoms with Crippen molar-refractivity contribution in [1.29, 1.82) is 0 Å². The Hall–Kier alpha value is -1.94. The van der Waals surface area contributed by atoms with E-state index in [0.29, 0.717) is 31.6 Å². The van der Waals surface area contributed by atoms with E-state index in [1.807, 2.05) is 0 Å². The molecule has 0 aliphatic carbocycles. The number of hydrogen-bond acceptors (Lipinski definition) is 15. The molecule has 3 N–H and O–H groups in total. The van der Waals surface area contributed by atoms with Gasteiger partial charge in [0, 0.05) is 25.7 Å². The Morgan fingerprint density at radius 1 is 0.271 bits per heavy atom. The molecule has 0 saturated carbocycles. The summed E-state index contributed by atoms with van der Waals surface area (Å²) in [5.41, 5.74) is 0. The van der Waals surface area contributed by atoms with E-state index < -0.39 is 97.5 Å². The lowest BCUT2D eigenvalue weighted by molar-refractivity contribution is -0.161. The Morgan fingerprint density at radius 2 is 0.477 bits per heavy atom. The zero-order valence-electron chi connectivity index (χ0n) is 70.5. The number of carbonyl (C=O) groups excluding carboxylic acids is 4. The summed E-state index contributed by atoms with van der Waals surface area (Å²) in [7, 11) is -9.93.